The number of hydrogen-bond acceptors (Lipinski definition) is 4. The number of aromatic nitrogens is 2. The van der Waals surface area contributed by atoms with Crippen molar-refractivity contribution in [3.8, 4) is 0 Å². The van der Waals surface area contributed by atoms with Crippen molar-refractivity contribution in [3.63, 3.8) is 0 Å². The number of hydrogen-bond donors (Lipinski definition) is 2. The van der Waals surface area contributed by atoms with Crippen molar-refractivity contribution < 1.29 is 4.79 Å². The highest BCUT2D eigenvalue weighted by molar-refractivity contribution is 6.30. The summed E-state index contributed by atoms with van der Waals surface area (Å²) in [4.78, 5) is 20.7. The van der Waals surface area contributed by atoms with Gasteiger partial charge in [0.25, 0.3) is 5.91 Å². The first-order valence-corrected chi connectivity index (χ1v) is 8.26. The Hall–Kier alpha value is -2.92. The van der Waals surface area contributed by atoms with E-state index in [-0.39, 0.29) is 5.91 Å². The molecule has 2 aromatic carbocycles. The van der Waals surface area contributed by atoms with Gasteiger partial charge >= 0.3 is 0 Å². The smallest absolute Gasteiger partial charge is 0.274 e. The Kier molecular flexibility index (Phi) is 5.59. The molecule has 2 N–H and O–H groups in total. The minimum absolute atomic E-state index is 0.272. The van der Waals surface area contributed by atoms with Crippen LogP contribution in [-0.4, -0.2) is 22.4 Å². The summed E-state index contributed by atoms with van der Waals surface area (Å²) >= 11 is 5.97. The topological polar surface area (TPSA) is 66.9 Å². The van der Waals surface area contributed by atoms with Gasteiger partial charge in [-0.3, -0.25) is 4.79 Å². The van der Waals surface area contributed by atoms with E-state index in [0.29, 0.717) is 23.2 Å². The van der Waals surface area contributed by atoms with Gasteiger partial charge in [0.2, 0.25) is 5.95 Å². The van der Waals surface area contributed by atoms with Crippen molar-refractivity contribution in [2.45, 2.75) is 6.42 Å². The van der Waals surface area contributed by atoms with E-state index < -0.39 is 0 Å². The van der Waals surface area contributed by atoms with E-state index in [1.54, 1.807) is 12.3 Å². The van der Waals surface area contributed by atoms with E-state index in [4.69, 9.17) is 11.6 Å². The molecule has 3 rings (SSSR count). The molecule has 126 valence electrons. The zero-order chi connectivity index (χ0) is 17.5. The third-order valence-corrected chi connectivity index (χ3v) is 3.74. The summed E-state index contributed by atoms with van der Waals surface area (Å²) < 4.78 is 0. The molecule has 0 aliphatic rings. The van der Waals surface area contributed by atoms with E-state index >= 15 is 0 Å². The van der Waals surface area contributed by atoms with Gasteiger partial charge in [-0.2, -0.15) is 0 Å². The Morgan fingerprint density at radius 3 is 2.68 bits per heavy atom. The van der Waals surface area contributed by atoms with Crippen molar-refractivity contribution in [1.29, 1.82) is 0 Å². The lowest BCUT2D eigenvalue weighted by molar-refractivity contribution is 0.102. The van der Waals surface area contributed by atoms with Gasteiger partial charge < -0.3 is 10.6 Å². The first kappa shape index (κ1) is 16.9. The Bertz CT molecular complexity index is 855. The number of anilines is 2. The molecule has 0 radical (unpaired) electrons. The first-order valence-electron chi connectivity index (χ1n) is 7.88. The molecule has 0 aliphatic heterocycles. The summed E-state index contributed by atoms with van der Waals surface area (Å²) in [6.07, 6.45) is 2.35. The molecule has 0 fully saturated rings. The zero-order valence-electron chi connectivity index (χ0n) is 13.4. The fraction of sp³-hybridized carbons (Fsp3) is 0.105. The summed E-state index contributed by atoms with van der Waals surface area (Å²) in [5.41, 5.74) is 2.16. The lowest BCUT2D eigenvalue weighted by Crippen LogP contribution is -2.16. The Morgan fingerprint density at radius 1 is 1.04 bits per heavy atom. The van der Waals surface area contributed by atoms with Gasteiger partial charge in [-0.15, -0.1) is 0 Å². The van der Waals surface area contributed by atoms with Crippen LogP contribution in [0.4, 0.5) is 11.6 Å². The van der Waals surface area contributed by atoms with Crippen LogP contribution in [0.1, 0.15) is 16.1 Å². The Balaban J connectivity index is 1.58. The summed E-state index contributed by atoms with van der Waals surface area (Å²) in [6.45, 7) is 0.643. The van der Waals surface area contributed by atoms with Crippen LogP contribution in [-0.2, 0) is 6.42 Å². The van der Waals surface area contributed by atoms with Crippen molar-refractivity contribution >= 4 is 29.1 Å². The fourth-order valence-corrected chi connectivity index (χ4v) is 2.51. The van der Waals surface area contributed by atoms with Gasteiger partial charge in [0, 0.05) is 23.5 Å². The average molecular weight is 353 g/mol. The van der Waals surface area contributed by atoms with E-state index in [1.807, 2.05) is 54.6 Å². The Morgan fingerprint density at radius 2 is 1.88 bits per heavy atom. The third-order valence-electron chi connectivity index (χ3n) is 3.51. The molecule has 0 saturated heterocycles. The van der Waals surface area contributed by atoms with Crippen molar-refractivity contribution in [2.24, 2.45) is 0 Å². The average Bonchev–Trinajstić information content (AvgIpc) is 2.63. The van der Waals surface area contributed by atoms with Gasteiger partial charge in [0.1, 0.15) is 5.69 Å². The van der Waals surface area contributed by atoms with Crippen molar-refractivity contribution in [3.05, 3.63) is 83.1 Å². The number of para-hydroxylation sites is 1. The highest BCUT2D eigenvalue weighted by Gasteiger charge is 2.09. The van der Waals surface area contributed by atoms with Gasteiger partial charge in [-0.25, -0.2) is 9.97 Å². The first-order chi connectivity index (χ1) is 12.2. The molecule has 25 heavy (non-hydrogen) atoms. The molecule has 6 heteroatoms. The van der Waals surface area contributed by atoms with Crippen LogP contribution in [0.3, 0.4) is 0 Å². The molecule has 1 heterocycles. The number of benzene rings is 2. The highest BCUT2D eigenvalue weighted by Crippen LogP contribution is 2.12. The van der Waals surface area contributed by atoms with E-state index in [2.05, 4.69) is 20.6 Å². The molecule has 0 spiro atoms. The monoisotopic (exact) mass is 352 g/mol. The summed E-state index contributed by atoms with van der Waals surface area (Å²) in [6, 6.07) is 18.5. The zero-order valence-corrected chi connectivity index (χ0v) is 14.2. The highest BCUT2D eigenvalue weighted by atomic mass is 35.5. The minimum Gasteiger partial charge on any atom is -0.354 e. The number of carbonyl (C=O) groups excluding carboxylic acids is 1. The van der Waals surface area contributed by atoms with Crippen LogP contribution in [0.15, 0.2) is 66.9 Å². The number of carbonyl (C=O) groups is 1. The predicted molar refractivity (Wildman–Crippen MR) is 100 cm³/mol. The maximum atomic E-state index is 12.3. The minimum atomic E-state index is -0.272. The third kappa shape index (κ3) is 5.02. The normalized spacial score (nSPS) is 10.3. The molecule has 1 amide bonds. The van der Waals surface area contributed by atoms with E-state index in [0.717, 1.165) is 17.7 Å². The molecule has 0 bridgehead atoms. The fourth-order valence-electron chi connectivity index (χ4n) is 2.30. The number of halogens is 1. The van der Waals surface area contributed by atoms with Crippen LogP contribution in [0.2, 0.25) is 5.02 Å². The lowest BCUT2D eigenvalue weighted by Gasteiger charge is -2.07. The quantitative estimate of drug-likeness (QED) is 0.702. The number of rotatable bonds is 6. The van der Waals surface area contributed by atoms with Crippen LogP contribution in [0, 0.1) is 0 Å². The summed E-state index contributed by atoms with van der Waals surface area (Å²) in [5, 5.41) is 6.64. The lowest BCUT2D eigenvalue weighted by atomic mass is 10.1. The SMILES string of the molecule is O=C(Nc1ccccc1)c1ccnc(NCCc2cccc(Cl)c2)n1. The predicted octanol–water partition coefficient (Wildman–Crippen LogP) is 4.04. The van der Waals surface area contributed by atoms with Gasteiger partial charge in [-0.05, 0) is 42.3 Å². The second-order valence-electron chi connectivity index (χ2n) is 5.39. The summed E-state index contributed by atoms with van der Waals surface area (Å²) in [5.74, 6) is 0.147. The van der Waals surface area contributed by atoms with E-state index in [9.17, 15) is 4.79 Å². The standard InChI is InChI=1S/C19H17ClN4O/c20-15-6-4-5-14(13-15)9-11-21-19-22-12-10-17(24-19)18(25)23-16-7-2-1-3-8-16/h1-8,10,12-13H,9,11H2,(H,23,25)(H,21,22,24). The van der Waals surface area contributed by atoms with Crippen LogP contribution < -0.4 is 10.6 Å². The van der Waals surface area contributed by atoms with Gasteiger partial charge in [0.15, 0.2) is 0 Å². The summed E-state index contributed by atoms with van der Waals surface area (Å²) in [7, 11) is 0. The molecule has 3 aromatic rings. The second kappa shape index (κ2) is 8.26. The molecule has 1 aromatic heterocycles. The van der Waals surface area contributed by atoms with Crippen molar-refractivity contribution in [1.82, 2.24) is 9.97 Å². The van der Waals surface area contributed by atoms with Gasteiger partial charge in [-0.1, -0.05) is 41.9 Å². The molecule has 0 atom stereocenters. The second-order valence-corrected chi connectivity index (χ2v) is 5.83. The largest absolute Gasteiger partial charge is 0.354 e. The molecular formula is C19H17ClN4O. The van der Waals surface area contributed by atoms with Crippen LogP contribution in [0.25, 0.3) is 0 Å². The molecular weight excluding hydrogens is 336 g/mol. The molecule has 0 unspecified atom stereocenters. The Labute approximate surface area is 151 Å². The van der Waals surface area contributed by atoms with E-state index in [1.165, 1.54) is 0 Å². The maximum absolute atomic E-state index is 12.3. The van der Waals surface area contributed by atoms with Crippen LogP contribution in [0.5, 0.6) is 0 Å². The molecule has 0 aliphatic carbocycles. The number of nitrogens with one attached hydrogen (secondary N) is 2. The van der Waals surface area contributed by atoms with Crippen LogP contribution >= 0.6 is 11.6 Å². The van der Waals surface area contributed by atoms with Gasteiger partial charge in [0.05, 0.1) is 0 Å². The molecule has 5 nitrogen and oxygen atoms in total. The number of amides is 1. The van der Waals surface area contributed by atoms with Crippen molar-refractivity contribution in [2.75, 3.05) is 17.2 Å². The maximum Gasteiger partial charge on any atom is 0.274 e. The molecule has 0 saturated carbocycles. The number of nitrogens with zero attached hydrogens (tertiary/aromatic N) is 2.